The van der Waals surface area contributed by atoms with E-state index >= 15 is 0 Å². The van der Waals surface area contributed by atoms with Crippen molar-refractivity contribution in [2.75, 3.05) is 25.1 Å². The number of benzene rings is 2. The number of nitrogens with one attached hydrogen (secondary N) is 1. The molecule has 4 nitrogen and oxygen atoms in total. The molecule has 4 heteroatoms. The molecule has 5 rings (SSSR count). The number of nitrogens with zero attached hydrogens (tertiary/aromatic N) is 1. The number of fused-ring (bicyclic) bond motifs is 5. The molecule has 34 heavy (non-hydrogen) atoms. The maximum Gasteiger partial charge on any atom is 0.122 e. The summed E-state index contributed by atoms with van der Waals surface area (Å²) in [5.41, 5.74) is 5.57. The lowest BCUT2D eigenvalue weighted by atomic mass is 9.55. The third kappa shape index (κ3) is 3.98. The summed E-state index contributed by atoms with van der Waals surface area (Å²) >= 11 is 0. The minimum atomic E-state index is 0.349. The fourth-order valence-electron chi connectivity index (χ4n) is 7.74. The van der Waals surface area contributed by atoms with Crippen molar-refractivity contribution in [3.8, 4) is 11.5 Å². The van der Waals surface area contributed by atoms with Crippen molar-refractivity contribution < 1.29 is 9.84 Å². The summed E-state index contributed by atoms with van der Waals surface area (Å²) in [6, 6.07) is 13.5. The minimum absolute atomic E-state index is 0.349. The normalized spacial score (nSPS) is 29.8. The number of phenolic OH excluding ortho intramolecular Hbond substituents is 1. The summed E-state index contributed by atoms with van der Waals surface area (Å²) in [6.07, 6.45) is 7.65. The number of rotatable bonds is 7. The maximum absolute atomic E-state index is 10.7. The Labute approximate surface area is 205 Å². The first-order valence-corrected chi connectivity index (χ1v) is 13.5. The quantitative estimate of drug-likeness (QED) is 0.510. The third-order valence-corrected chi connectivity index (χ3v) is 9.67. The van der Waals surface area contributed by atoms with Gasteiger partial charge in [0.1, 0.15) is 11.5 Å². The topological polar surface area (TPSA) is 44.7 Å². The van der Waals surface area contributed by atoms with Gasteiger partial charge in [-0.1, -0.05) is 19.1 Å². The highest BCUT2D eigenvalue weighted by Gasteiger charge is 2.54. The molecule has 0 unspecified atom stereocenters. The average molecular weight is 463 g/mol. The minimum Gasteiger partial charge on any atom is -0.508 e. The fraction of sp³-hybridized carbons (Fsp3) is 0.600. The number of phenols is 1. The van der Waals surface area contributed by atoms with Crippen LogP contribution in [0.2, 0.25) is 0 Å². The standard InChI is InChI=1S/C30H42N2O2/c1-5-32(6-2)22-9-7-21(28(33)18-22)19-31-29-14-13-27-26-11-8-20-17-23(34-4)10-12-24(20)25(26)15-16-30(27,29)3/h7,9-10,12,17-18,25-27,29,31,33H,5-6,8,11,13-16,19H2,1-4H3/t25-,26-,27+,29+,30+/m1/s1. The lowest BCUT2D eigenvalue weighted by Gasteiger charge is -2.51. The van der Waals surface area contributed by atoms with Gasteiger partial charge in [-0.2, -0.15) is 0 Å². The van der Waals surface area contributed by atoms with Gasteiger partial charge < -0.3 is 20.1 Å². The van der Waals surface area contributed by atoms with Crippen LogP contribution in [0.5, 0.6) is 11.5 Å². The molecule has 2 aromatic rings. The van der Waals surface area contributed by atoms with Crippen molar-refractivity contribution in [3.63, 3.8) is 0 Å². The molecule has 2 fully saturated rings. The summed E-state index contributed by atoms with van der Waals surface area (Å²) < 4.78 is 5.49. The lowest BCUT2D eigenvalue weighted by molar-refractivity contribution is 0.0407. The first-order chi connectivity index (χ1) is 16.5. The van der Waals surface area contributed by atoms with E-state index in [1.807, 2.05) is 6.07 Å². The third-order valence-electron chi connectivity index (χ3n) is 9.67. The number of ether oxygens (including phenoxy) is 1. The Morgan fingerprint density at radius 3 is 2.62 bits per heavy atom. The molecule has 0 aromatic heterocycles. The monoisotopic (exact) mass is 462 g/mol. The first-order valence-electron chi connectivity index (χ1n) is 13.5. The molecule has 0 amide bonds. The Morgan fingerprint density at radius 1 is 1.06 bits per heavy atom. The van der Waals surface area contributed by atoms with Gasteiger partial charge in [-0.05, 0) is 105 Å². The number of aryl methyl sites for hydroxylation is 1. The zero-order chi connectivity index (χ0) is 23.9. The van der Waals surface area contributed by atoms with E-state index in [4.69, 9.17) is 4.74 Å². The Balaban J connectivity index is 1.28. The molecule has 0 aliphatic heterocycles. The second kappa shape index (κ2) is 9.45. The predicted molar refractivity (Wildman–Crippen MR) is 140 cm³/mol. The highest BCUT2D eigenvalue weighted by molar-refractivity contribution is 5.53. The van der Waals surface area contributed by atoms with Crippen molar-refractivity contribution in [2.45, 2.75) is 77.8 Å². The second-order valence-electron chi connectivity index (χ2n) is 11.0. The molecule has 3 aliphatic rings. The predicted octanol–water partition coefficient (Wildman–Crippen LogP) is 6.26. The van der Waals surface area contributed by atoms with Gasteiger partial charge in [-0.15, -0.1) is 0 Å². The van der Waals surface area contributed by atoms with Gasteiger partial charge >= 0.3 is 0 Å². The number of methoxy groups -OCH3 is 1. The Morgan fingerprint density at radius 2 is 1.88 bits per heavy atom. The zero-order valence-electron chi connectivity index (χ0n) is 21.4. The van der Waals surface area contributed by atoms with Crippen molar-refractivity contribution in [1.29, 1.82) is 0 Å². The molecule has 2 N–H and O–H groups in total. The Hall–Kier alpha value is -2.20. The van der Waals surface area contributed by atoms with Gasteiger partial charge in [0.2, 0.25) is 0 Å². The van der Waals surface area contributed by atoms with Gasteiger partial charge in [0, 0.05) is 43.0 Å². The van der Waals surface area contributed by atoms with E-state index in [9.17, 15) is 5.11 Å². The molecule has 2 aromatic carbocycles. The SMILES string of the molecule is CCN(CC)c1ccc(CN[C@H]2CC[C@H]3[C@@H]4CCc5cc(OC)ccc5[C@H]4CC[C@]23C)c(O)c1. The average Bonchev–Trinajstić information content (AvgIpc) is 3.20. The van der Waals surface area contributed by atoms with Gasteiger partial charge in [-0.25, -0.2) is 0 Å². The maximum atomic E-state index is 10.7. The first kappa shape index (κ1) is 23.5. The molecule has 3 aliphatic carbocycles. The van der Waals surface area contributed by atoms with Crippen LogP contribution >= 0.6 is 0 Å². The van der Waals surface area contributed by atoms with E-state index < -0.39 is 0 Å². The van der Waals surface area contributed by atoms with E-state index in [1.165, 1.54) is 44.1 Å². The van der Waals surface area contributed by atoms with Crippen molar-refractivity contribution in [3.05, 3.63) is 53.1 Å². The molecular weight excluding hydrogens is 420 g/mol. The van der Waals surface area contributed by atoms with E-state index in [1.54, 1.807) is 12.7 Å². The summed E-state index contributed by atoms with van der Waals surface area (Å²) in [4.78, 5) is 2.27. The smallest absolute Gasteiger partial charge is 0.122 e. The number of hydrogen-bond acceptors (Lipinski definition) is 4. The van der Waals surface area contributed by atoms with Gasteiger partial charge in [0.25, 0.3) is 0 Å². The summed E-state index contributed by atoms with van der Waals surface area (Å²) in [7, 11) is 1.77. The molecule has 184 valence electrons. The van der Waals surface area contributed by atoms with Crippen molar-refractivity contribution >= 4 is 5.69 Å². The Bertz CT molecular complexity index is 1020. The van der Waals surface area contributed by atoms with E-state index in [-0.39, 0.29) is 0 Å². The van der Waals surface area contributed by atoms with E-state index in [0.717, 1.165) is 48.5 Å². The summed E-state index contributed by atoms with van der Waals surface area (Å²) in [5, 5.41) is 14.6. The zero-order valence-corrected chi connectivity index (χ0v) is 21.4. The molecular formula is C30H42N2O2. The van der Waals surface area contributed by atoms with Crippen molar-refractivity contribution in [2.24, 2.45) is 17.3 Å². The number of anilines is 1. The molecule has 0 saturated heterocycles. The van der Waals surface area contributed by atoms with Crippen molar-refractivity contribution in [1.82, 2.24) is 5.32 Å². The van der Waals surface area contributed by atoms with Crippen LogP contribution in [-0.2, 0) is 13.0 Å². The number of hydrogen-bond donors (Lipinski definition) is 2. The van der Waals surface area contributed by atoms with E-state index in [2.05, 4.69) is 61.3 Å². The highest BCUT2D eigenvalue weighted by atomic mass is 16.5. The van der Waals surface area contributed by atoms with Gasteiger partial charge in [-0.3, -0.25) is 0 Å². The van der Waals surface area contributed by atoms with Crippen LogP contribution in [0.4, 0.5) is 5.69 Å². The molecule has 2 saturated carbocycles. The Kier molecular flexibility index (Phi) is 6.54. The van der Waals surface area contributed by atoms with Crippen LogP contribution < -0.4 is 15.0 Å². The van der Waals surface area contributed by atoms with Crippen LogP contribution in [0.3, 0.4) is 0 Å². The van der Waals surface area contributed by atoms with E-state index in [0.29, 0.717) is 23.1 Å². The molecule has 0 bridgehead atoms. The largest absolute Gasteiger partial charge is 0.508 e. The van der Waals surface area contributed by atoms with Crippen LogP contribution in [0, 0.1) is 17.3 Å². The van der Waals surface area contributed by atoms with Crippen LogP contribution in [0.1, 0.15) is 75.5 Å². The molecule has 0 heterocycles. The van der Waals surface area contributed by atoms with Gasteiger partial charge in [0.15, 0.2) is 0 Å². The fourth-order valence-corrected chi connectivity index (χ4v) is 7.74. The molecule has 0 radical (unpaired) electrons. The van der Waals surface area contributed by atoms with Crippen LogP contribution in [0.25, 0.3) is 0 Å². The van der Waals surface area contributed by atoms with Gasteiger partial charge in [0.05, 0.1) is 7.11 Å². The van der Waals surface area contributed by atoms with Crippen LogP contribution in [0.15, 0.2) is 36.4 Å². The summed E-state index contributed by atoms with van der Waals surface area (Å²) in [6.45, 7) is 9.51. The lowest BCUT2D eigenvalue weighted by Crippen LogP contribution is -2.48. The molecule has 5 atom stereocenters. The highest BCUT2D eigenvalue weighted by Crippen LogP contribution is 2.61. The second-order valence-corrected chi connectivity index (χ2v) is 11.0. The molecule has 0 spiro atoms. The van der Waals surface area contributed by atoms with Crippen LogP contribution in [-0.4, -0.2) is 31.3 Å². The summed E-state index contributed by atoms with van der Waals surface area (Å²) in [5.74, 6) is 3.71. The number of aromatic hydroxyl groups is 1.